The van der Waals surface area contributed by atoms with Gasteiger partial charge in [0.05, 0.1) is 5.56 Å². The van der Waals surface area contributed by atoms with Gasteiger partial charge in [0.15, 0.2) is 5.82 Å². The van der Waals surface area contributed by atoms with Gasteiger partial charge in [-0.3, -0.25) is 9.89 Å². The van der Waals surface area contributed by atoms with Gasteiger partial charge in [-0.05, 0) is 18.6 Å². The summed E-state index contributed by atoms with van der Waals surface area (Å²) < 4.78 is 38.8. The number of benzene rings is 1. The van der Waals surface area contributed by atoms with E-state index in [4.69, 9.17) is 0 Å². The molecule has 0 saturated carbocycles. The van der Waals surface area contributed by atoms with E-state index in [1.54, 1.807) is 6.92 Å². The van der Waals surface area contributed by atoms with Gasteiger partial charge in [0.25, 0.3) is 0 Å². The van der Waals surface area contributed by atoms with Crippen molar-refractivity contribution in [3.05, 3.63) is 47.0 Å². The molecule has 0 aliphatic rings. The maximum atomic E-state index is 12.9. The number of aromatic amines is 1. The highest BCUT2D eigenvalue weighted by Gasteiger charge is 2.33. The van der Waals surface area contributed by atoms with Crippen LogP contribution in [0.2, 0.25) is 0 Å². The molecule has 2 aromatic rings. The average molecular weight is 326 g/mol. The topological polar surface area (TPSA) is 61.9 Å². The largest absolute Gasteiger partial charge is 0.416 e. The summed E-state index contributed by atoms with van der Waals surface area (Å²) in [4.78, 5) is 17.4. The molecule has 0 aliphatic heterocycles. The van der Waals surface area contributed by atoms with Crippen LogP contribution in [0.1, 0.15) is 29.2 Å². The number of amides is 1. The van der Waals surface area contributed by atoms with Gasteiger partial charge in [-0.2, -0.15) is 18.3 Å². The second kappa shape index (κ2) is 6.80. The van der Waals surface area contributed by atoms with E-state index in [0.29, 0.717) is 18.1 Å². The number of rotatable bonds is 5. The van der Waals surface area contributed by atoms with Crippen molar-refractivity contribution in [3.8, 4) is 0 Å². The summed E-state index contributed by atoms with van der Waals surface area (Å²) >= 11 is 0. The van der Waals surface area contributed by atoms with Crippen LogP contribution in [0.15, 0.2) is 24.3 Å². The monoisotopic (exact) mass is 326 g/mol. The molecule has 0 unspecified atom stereocenters. The molecule has 5 nitrogen and oxygen atoms in total. The van der Waals surface area contributed by atoms with Gasteiger partial charge < -0.3 is 4.90 Å². The lowest BCUT2D eigenvalue weighted by molar-refractivity contribution is -0.139. The van der Waals surface area contributed by atoms with Crippen molar-refractivity contribution in [2.45, 2.75) is 32.5 Å². The second-order valence-electron chi connectivity index (χ2n) is 5.24. The smallest absolute Gasteiger partial charge is 0.341 e. The Morgan fingerprint density at radius 1 is 1.30 bits per heavy atom. The Hall–Kier alpha value is -2.38. The SMILES string of the molecule is Cc1nc(CCC(=O)N(C)Cc2ccccc2C(F)(F)F)n[nH]1. The minimum Gasteiger partial charge on any atom is -0.341 e. The van der Waals surface area contributed by atoms with Gasteiger partial charge in [-0.1, -0.05) is 18.2 Å². The van der Waals surface area contributed by atoms with Gasteiger partial charge in [0.1, 0.15) is 5.82 Å². The minimum absolute atomic E-state index is 0.0737. The molecule has 0 spiro atoms. The van der Waals surface area contributed by atoms with E-state index in [9.17, 15) is 18.0 Å². The van der Waals surface area contributed by atoms with Gasteiger partial charge in [-0.15, -0.1) is 0 Å². The Balaban J connectivity index is 1.98. The highest BCUT2D eigenvalue weighted by atomic mass is 19.4. The van der Waals surface area contributed by atoms with Crippen LogP contribution in [-0.2, 0) is 23.9 Å². The third kappa shape index (κ3) is 4.54. The number of carbonyl (C=O) groups excluding carboxylic acids is 1. The van der Waals surface area contributed by atoms with Crippen molar-refractivity contribution < 1.29 is 18.0 Å². The summed E-state index contributed by atoms with van der Waals surface area (Å²) in [5.41, 5.74) is -0.645. The Kier molecular flexibility index (Phi) is 5.02. The van der Waals surface area contributed by atoms with Gasteiger partial charge in [0.2, 0.25) is 5.91 Å². The number of halogens is 3. The molecular formula is C15H17F3N4O. The molecular weight excluding hydrogens is 309 g/mol. The Morgan fingerprint density at radius 3 is 2.61 bits per heavy atom. The summed E-state index contributed by atoms with van der Waals surface area (Å²) in [7, 11) is 1.48. The van der Waals surface area contributed by atoms with Crippen LogP contribution < -0.4 is 0 Å². The number of alkyl halides is 3. The van der Waals surface area contributed by atoms with Crippen molar-refractivity contribution >= 4 is 5.91 Å². The van der Waals surface area contributed by atoms with Crippen LogP contribution in [0.5, 0.6) is 0 Å². The number of hydrogen-bond donors (Lipinski definition) is 1. The molecule has 1 aromatic heterocycles. The first-order valence-corrected chi connectivity index (χ1v) is 7.04. The highest BCUT2D eigenvalue weighted by molar-refractivity contribution is 5.76. The predicted octanol–water partition coefficient (Wildman–Crippen LogP) is 2.72. The van der Waals surface area contributed by atoms with Crippen molar-refractivity contribution in [1.29, 1.82) is 0 Å². The zero-order chi connectivity index (χ0) is 17.0. The van der Waals surface area contributed by atoms with E-state index in [2.05, 4.69) is 15.2 Å². The fourth-order valence-corrected chi connectivity index (χ4v) is 2.19. The highest BCUT2D eigenvalue weighted by Crippen LogP contribution is 2.32. The van der Waals surface area contributed by atoms with Crippen LogP contribution in [0.4, 0.5) is 13.2 Å². The molecule has 0 fully saturated rings. The minimum atomic E-state index is -4.43. The van der Waals surface area contributed by atoms with Gasteiger partial charge in [0, 0.05) is 26.4 Å². The average Bonchev–Trinajstić information content (AvgIpc) is 2.89. The van der Waals surface area contributed by atoms with Crippen molar-refractivity contribution in [3.63, 3.8) is 0 Å². The number of aromatic nitrogens is 3. The molecule has 8 heteroatoms. The van der Waals surface area contributed by atoms with Crippen LogP contribution in [-0.4, -0.2) is 33.0 Å². The molecule has 1 N–H and O–H groups in total. The molecule has 0 radical (unpaired) electrons. The lowest BCUT2D eigenvalue weighted by Crippen LogP contribution is -2.27. The Labute approximate surface area is 131 Å². The first-order chi connectivity index (χ1) is 10.8. The van der Waals surface area contributed by atoms with Gasteiger partial charge >= 0.3 is 6.18 Å². The molecule has 0 bridgehead atoms. The fourth-order valence-electron chi connectivity index (χ4n) is 2.19. The zero-order valence-corrected chi connectivity index (χ0v) is 12.8. The molecule has 0 atom stereocenters. The van der Waals surface area contributed by atoms with Crippen molar-refractivity contribution in [1.82, 2.24) is 20.1 Å². The standard InChI is InChI=1S/C15H17F3N4O/c1-10-19-13(21-20-10)7-8-14(23)22(2)9-11-5-3-4-6-12(11)15(16,17)18/h3-6H,7-9H2,1-2H3,(H,19,20,21). The van der Waals surface area contributed by atoms with Crippen molar-refractivity contribution in [2.75, 3.05) is 7.05 Å². The molecule has 0 saturated heterocycles. The Bertz CT molecular complexity index is 681. The summed E-state index contributed by atoms with van der Waals surface area (Å²) in [6, 6.07) is 5.26. The van der Waals surface area contributed by atoms with E-state index in [1.165, 1.54) is 30.1 Å². The molecule has 0 aliphatic carbocycles. The van der Waals surface area contributed by atoms with E-state index in [-0.39, 0.29) is 24.4 Å². The predicted molar refractivity (Wildman–Crippen MR) is 77.4 cm³/mol. The third-order valence-corrected chi connectivity index (χ3v) is 3.36. The zero-order valence-electron chi connectivity index (χ0n) is 12.8. The summed E-state index contributed by atoms with van der Waals surface area (Å²) in [6.07, 6.45) is -3.95. The van der Waals surface area contributed by atoms with E-state index in [0.717, 1.165) is 6.07 Å². The molecule has 1 amide bonds. The van der Waals surface area contributed by atoms with Crippen LogP contribution >= 0.6 is 0 Å². The van der Waals surface area contributed by atoms with Gasteiger partial charge in [-0.25, -0.2) is 4.98 Å². The molecule has 2 rings (SSSR count). The maximum Gasteiger partial charge on any atom is 0.416 e. The first kappa shape index (κ1) is 17.0. The van der Waals surface area contributed by atoms with Crippen LogP contribution in [0.25, 0.3) is 0 Å². The number of carbonyl (C=O) groups is 1. The number of nitrogens with one attached hydrogen (secondary N) is 1. The van der Waals surface area contributed by atoms with Crippen molar-refractivity contribution in [2.24, 2.45) is 0 Å². The maximum absolute atomic E-state index is 12.9. The summed E-state index contributed by atoms with van der Waals surface area (Å²) in [6.45, 7) is 1.65. The quantitative estimate of drug-likeness (QED) is 0.919. The lowest BCUT2D eigenvalue weighted by Gasteiger charge is -2.20. The normalized spacial score (nSPS) is 11.5. The molecule has 124 valence electrons. The second-order valence-corrected chi connectivity index (χ2v) is 5.24. The Morgan fingerprint density at radius 2 is 2.00 bits per heavy atom. The summed E-state index contributed by atoms with van der Waals surface area (Å²) in [5, 5.41) is 6.60. The number of H-pyrrole nitrogens is 1. The first-order valence-electron chi connectivity index (χ1n) is 7.04. The number of nitrogens with zero attached hydrogens (tertiary/aromatic N) is 3. The molecule has 1 aromatic carbocycles. The van der Waals surface area contributed by atoms with Crippen LogP contribution in [0, 0.1) is 6.92 Å². The van der Waals surface area contributed by atoms with E-state index in [1.807, 2.05) is 0 Å². The fraction of sp³-hybridized carbons (Fsp3) is 0.400. The lowest BCUT2D eigenvalue weighted by atomic mass is 10.1. The van der Waals surface area contributed by atoms with E-state index < -0.39 is 11.7 Å². The van der Waals surface area contributed by atoms with Crippen LogP contribution in [0.3, 0.4) is 0 Å². The number of aryl methyl sites for hydroxylation is 2. The third-order valence-electron chi connectivity index (χ3n) is 3.36. The molecule has 1 heterocycles. The number of hydrogen-bond acceptors (Lipinski definition) is 3. The van der Waals surface area contributed by atoms with E-state index >= 15 is 0 Å². The molecule has 23 heavy (non-hydrogen) atoms. The summed E-state index contributed by atoms with van der Waals surface area (Å²) in [5.74, 6) is 0.907.